The number of benzene rings is 2. The molecule has 0 spiro atoms. The van der Waals surface area contributed by atoms with Crippen molar-refractivity contribution in [3.63, 3.8) is 0 Å². The number of carbonyl (C=O) groups excluding carboxylic acids is 3. The fourth-order valence-corrected chi connectivity index (χ4v) is 5.03. The number of nitrogens with zero attached hydrogens (tertiary/aromatic N) is 3. The first-order valence-electron chi connectivity index (χ1n) is 13.3. The van der Waals surface area contributed by atoms with Gasteiger partial charge >= 0.3 is 0 Å². The van der Waals surface area contributed by atoms with Gasteiger partial charge in [-0.2, -0.15) is 0 Å². The van der Waals surface area contributed by atoms with Crippen LogP contribution in [-0.2, 0) is 29.1 Å². The summed E-state index contributed by atoms with van der Waals surface area (Å²) in [6.07, 6.45) is 2.11. The highest BCUT2D eigenvalue weighted by atomic mass is 35.5. The van der Waals surface area contributed by atoms with Gasteiger partial charge in [0.05, 0.1) is 25.9 Å². The summed E-state index contributed by atoms with van der Waals surface area (Å²) in [6.45, 7) is 6.45. The summed E-state index contributed by atoms with van der Waals surface area (Å²) >= 11 is 0. The van der Waals surface area contributed by atoms with Crippen molar-refractivity contribution in [2.45, 2.75) is 52.2 Å². The maximum absolute atomic E-state index is 13.5. The van der Waals surface area contributed by atoms with Gasteiger partial charge in [-0.3, -0.25) is 19.4 Å². The van der Waals surface area contributed by atoms with E-state index >= 15 is 0 Å². The Morgan fingerprint density at radius 2 is 1.68 bits per heavy atom. The fourth-order valence-electron chi connectivity index (χ4n) is 5.03. The molecular weight excluding hydrogens is 553 g/mol. The number of hydrazine groups is 1. The zero-order chi connectivity index (χ0) is 27.2. The average Bonchev–Trinajstić information content (AvgIpc) is 3.34. The van der Waals surface area contributed by atoms with Crippen molar-refractivity contribution in [1.29, 1.82) is 0 Å². The molecule has 1 heterocycles. The Balaban J connectivity index is 0.00000280. The van der Waals surface area contributed by atoms with Crippen LogP contribution in [-0.4, -0.2) is 74.0 Å². The third-order valence-electron chi connectivity index (χ3n) is 7.17. The maximum atomic E-state index is 13.5. The number of hydrogen-bond acceptors (Lipinski definition) is 7. The van der Waals surface area contributed by atoms with E-state index in [1.54, 1.807) is 30.1 Å². The third-order valence-corrected chi connectivity index (χ3v) is 7.17. The lowest BCUT2D eigenvalue weighted by Gasteiger charge is -2.32. The molecule has 2 amide bonds. The molecule has 0 saturated heterocycles. The summed E-state index contributed by atoms with van der Waals surface area (Å²) in [5, 5.41) is 9.84. The van der Waals surface area contributed by atoms with Crippen LogP contribution in [0.15, 0.2) is 36.4 Å². The molecule has 40 heavy (non-hydrogen) atoms. The molecule has 11 heteroatoms. The standard InChI is InChI=1S/C29H39N5O4.2ClH/c1-20(2)30-12-13-31-28(36)18-33(25-15-24-21(14-27(25)38-4)10-7-11-26(24)35)19-29(37)32(3)34-16-22-8-5-6-9-23(22)17-34;;/h5-6,8-9,14-15,20,30H,7,10-13,16-19H2,1-4H3,(H,31,36);2*1H. The Kier molecular flexibility index (Phi) is 12.7. The van der Waals surface area contributed by atoms with Gasteiger partial charge < -0.3 is 20.3 Å². The Labute approximate surface area is 249 Å². The summed E-state index contributed by atoms with van der Waals surface area (Å²) in [6, 6.07) is 12.2. The molecule has 2 aromatic carbocycles. The quantitative estimate of drug-likeness (QED) is 0.386. The molecular formula is C29H41Cl2N5O4. The Bertz CT molecular complexity index is 1170. The van der Waals surface area contributed by atoms with Crippen molar-refractivity contribution in [2.75, 3.05) is 45.2 Å². The predicted molar refractivity (Wildman–Crippen MR) is 162 cm³/mol. The first-order chi connectivity index (χ1) is 18.3. The molecule has 2 N–H and O–H groups in total. The van der Waals surface area contributed by atoms with Crippen LogP contribution >= 0.6 is 24.8 Å². The van der Waals surface area contributed by atoms with Crippen molar-refractivity contribution >= 4 is 48.1 Å². The number of likely N-dealkylation sites (N-methyl/N-ethyl adjacent to an activating group) is 1. The van der Waals surface area contributed by atoms with Crippen LogP contribution in [0.25, 0.3) is 0 Å². The molecule has 2 aliphatic rings. The Hall–Kier alpha value is -2.85. The minimum atomic E-state index is -0.203. The van der Waals surface area contributed by atoms with E-state index < -0.39 is 0 Å². The number of ether oxygens (including phenoxy) is 1. The predicted octanol–water partition coefficient (Wildman–Crippen LogP) is 3.37. The molecule has 0 saturated carbocycles. The lowest BCUT2D eigenvalue weighted by molar-refractivity contribution is -0.145. The fraction of sp³-hybridized carbons (Fsp3) is 0.483. The number of nitrogens with one attached hydrogen (secondary N) is 2. The molecule has 0 bridgehead atoms. The molecule has 1 aliphatic heterocycles. The van der Waals surface area contributed by atoms with Crippen LogP contribution in [0.5, 0.6) is 5.75 Å². The molecule has 9 nitrogen and oxygen atoms in total. The normalized spacial score (nSPS) is 14.0. The summed E-state index contributed by atoms with van der Waals surface area (Å²) < 4.78 is 5.69. The zero-order valence-corrected chi connectivity index (χ0v) is 25.3. The molecule has 1 aliphatic carbocycles. The number of rotatable bonds is 11. The van der Waals surface area contributed by atoms with E-state index in [2.05, 4.69) is 22.8 Å². The summed E-state index contributed by atoms with van der Waals surface area (Å²) in [7, 11) is 3.33. The van der Waals surface area contributed by atoms with Crippen LogP contribution in [0.1, 0.15) is 53.7 Å². The van der Waals surface area contributed by atoms with Crippen LogP contribution in [0.2, 0.25) is 0 Å². The lowest BCUT2D eigenvalue weighted by atomic mass is 9.90. The summed E-state index contributed by atoms with van der Waals surface area (Å²) in [5.74, 6) is 0.276. The molecule has 0 unspecified atom stereocenters. The topological polar surface area (TPSA) is 94.2 Å². The van der Waals surface area contributed by atoms with Crippen LogP contribution in [0.4, 0.5) is 5.69 Å². The van der Waals surface area contributed by atoms with E-state index in [1.807, 2.05) is 37.1 Å². The average molecular weight is 595 g/mol. The van der Waals surface area contributed by atoms with Gasteiger partial charge in [0.25, 0.3) is 5.91 Å². The highest BCUT2D eigenvalue weighted by Gasteiger charge is 2.29. The number of methoxy groups -OCH3 is 1. The van der Waals surface area contributed by atoms with Gasteiger partial charge in [-0.05, 0) is 41.7 Å². The molecule has 0 aromatic heterocycles. The van der Waals surface area contributed by atoms with Crippen LogP contribution < -0.4 is 20.3 Å². The number of Topliss-reactive ketones (excluding diaryl/α,β-unsaturated/α-hetero) is 1. The first kappa shape index (κ1) is 33.4. The number of hydrogen-bond donors (Lipinski definition) is 2. The van der Waals surface area contributed by atoms with Crippen molar-refractivity contribution in [2.24, 2.45) is 0 Å². The van der Waals surface area contributed by atoms with Crippen molar-refractivity contribution in [1.82, 2.24) is 20.7 Å². The van der Waals surface area contributed by atoms with Gasteiger partial charge in [0, 0.05) is 51.3 Å². The number of anilines is 1. The third kappa shape index (κ3) is 8.10. The molecule has 0 radical (unpaired) electrons. The smallest absolute Gasteiger partial charge is 0.256 e. The molecule has 0 fully saturated rings. The van der Waals surface area contributed by atoms with Crippen molar-refractivity contribution < 1.29 is 19.1 Å². The number of amides is 2. The monoisotopic (exact) mass is 593 g/mol. The Morgan fingerprint density at radius 1 is 1.00 bits per heavy atom. The lowest BCUT2D eigenvalue weighted by Crippen LogP contribution is -2.48. The number of fused-ring (bicyclic) bond motifs is 2. The zero-order valence-electron chi connectivity index (χ0n) is 23.7. The van der Waals surface area contributed by atoms with Gasteiger partial charge in [-0.25, -0.2) is 5.01 Å². The van der Waals surface area contributed by atoms with Gasteiger partial charge in [0.15, 0.2) is 5.78 Å². The van der Waals surface area contributed by atoms with E-state index in [4.69, 9.17) is 4.74 Å². The van der Waals surface area contributed by atoms with E-state index in [1.165, 1.54) is 11.1 Å². The van der Waals surface area contributed by atoms with Gasteiger partial charge in [0.1, 0.15) is 5.75 Å². The van der Waals surface area contributed by atoms with Crippen LogP contribution in [0, 0.1) is 0 Å². The first-order valence-corrected chi connectivity index (χ1v) is 13.3. The second-order valence-corrected chi connectivity index (χ2v) is 10.3. The van der Waals surface area contributed by atoms with E-state index in [0.717, 1.165) is 18.4 Å². The summed E-state index contributed by atoms with van der Waals surface area (Å²) in [5.41, 5.74) is 4.57. The van der Waals surface area contributed by atoms with E-state index in [-0.39, 0.29) is 55.5 Å². The molecule has 4 rings (SSSR count). The highest BCUT2D eigenvalue weighted by molar-refractivity contribution is 6.00. The maximum Gasteiger partial charge on any atom is 0.256 e. The minimum absolute atomic E-state index is 0. The SMILES string of the molecule is COc1cc2c(cc1N(CC(=O)NCCNC(C)C)CC(=O)N(C)N1Cc3ccccc3C1)C(=O)CCC2.Cl.Cl. The number of ketones is 1. The second-order valence-electron chi connectivity index (χ2n) is 10.3. The molecule has 220 valence electrons. The van der Waals surface area contributed by atoms with Crippen LogP contribution in [0.3, 0.4) is 0 Å². The molecule has 0 atom stereocenters. The number of aryl methyl sites for hydroxylation is 1. The second kappa shape index (κ2) is 15.2. The summed E-state index contributed by atoms with van der Waals surface area (Å²) in [4.78, 5) is 40.9. The van der Waals surface area contributed by atoms with Gasteiger partial charge in [-0.15, -0.1) is 24.8 Å². The Morgan fingerprint density at radius 3 is 2.30 bits per heavy atom. The number of halogens is 2. The largest absolute Gasteiger partial charge is 0.495 e. The molecule has 2 aromatic rings. The van der Waals surface area contributed by atoms with Gasteiger partial charge in [-0.1, -0.05) is 38.1 Å². The van der Waals surface area contributed by atoms with Crippen molar-refractivity contribution in [3.05, 3.63) is 58.7 Å². The van der Waals surface area contributed by atoms with E-state index in [9.17, 15) is 14.4 Å². The number of carbonyl (C=O) groups is 3. The van der Waals surface area contributed by atoms with Gasteiger partial charge in [0.2, 0.25) is 5.91 Å². The van der Waals surface area contributed by atoms with Crippen molar-refractivity contribution in [3.8, 4) is 5.75 Å². The minimum Gasteiger partial charge on any atom is -0.495 e. The van der Waals surface area contributed by atoms with E-state index in [0.29, 0.717) is 55.6 Å². The highest BCUT2D eigenvalue weighted by Crippen LogP contribution is 2.35.